The summed E-state index contributed by atoms with van der Waals surface area (Å²) in [5, 5.41) is 18.8. The highest BCUT2D eigenvalue weighted by molar-refractivity contribution is 6.30. The third-order valence-electron chi connectivity index (χ3n) is 2.69. The van der Waals surface area contributed by atoms with Crippen molar-refractivity contribution in [3.8, 4) is 5.75 Å². The maximum Gasteiger partial charge on any atom is 0.257 e. The maximum atomic E-state index is 11.9. The molecule has 0 saturated carbocycles. The highest BCUT2D eigenvalue weighted by Crippen LogP contribution is 2.26. The largest absolute Gasteiger partial charge is 0.507 e. The van der Waals surface area contributed by atoms with Crippen molar-refractivity contribution >= 4 is 17.5 Å². The monoisotopic (exact) mass is 241 g/mol. The van der Waals surface area contributed by atoms with Gasteiger partial charge in [-0.15, -0.1) is 0 Å². The molecule has 1 saturated heterocycles. The van der Waals surface area contributed by atoms with Gasteiger partial charge in [-0.25, -0.2) is 0 Å². The van der Waals surface area contributed by atoms with Crippen LogP contribution in [0.1, 0.15) is 10.4 Å². The molecule has 1 aliphatic rings. The fourth-order valence-corrected chi connectivity index (χ4v) is 1.87. The Morgan fingerprint density at radius 2 is 2.19 bits per heavy atom. The molecule has 0 spiro atoms. The number of hydrogen-bond donors (Lipinski definition) is 2. The van der Waals surface area contributed by atoms with Gasteiger partial charge >= 0.3 is 0 Å². The number of amides is 1. The number of carbonyl (C=O) groups excluding carboxylic acids is 1. The van der Waals surface area contributed by atoms with E-state index in [0.29, 0.717) is 18.1 Å². The van der Waals surface area contributed by atoms with E-state index >= 15 is 0 Å². The third kappa shape index (κ3) is 1.99. The molecule has 1 aromatic rings. The van der Waals surface area contributed by atoms with Crippen molar-refractivity contribution in [1.82, 2.24) is 4.90 Å². The molecule has 5 heteroatoms. The molecule has 4 nitrogen and oxygen atoms in total. The zero-order valence-electron chi connectivity index (χ0n) is 8.56. The molecule has 1 heterocycles. The number of nitrogens with zero attached hydrogens (tertiary/aromatic N) is 1. The summed E-state index contributed by atoms with van der Waals surface area (Å²) < 4.78 is 0. The Labute approximate surface area is 98.1 Å². The lowest BCUT2D eigenvalue weighted by Crippen LogP contribution is -2.51. The highest BCUT2D eigenvalue weighted by atomic mass is 35.5. The van der Waals surface area contributed by atoms with Crippen LogP contribution in [0.4, 0.5) is 0 Å². The zero-order chi connectivity index (χ0) is 11.7. The van der Waals surface area contributed by atoms with Gasteiger partial charge in [0.05, 0.1) is 5.56 Å². The van der Waals surface area contributed by atoms with E-state index < -0.39 is 0 Å². The van der Waals surface area contributed by atoms with Crippen LogP contribution in [0.3, 0.4) is 0 Å². The number of phenolic OH excluding ortho intramolecular Hbond substituents is 1. The van der Waals surface area contributed by atoms with Crippen LogP contribution in [-0.2, 0) is 0 Å². The molecular weight excluding hydrogens is 230 g/mol. The Hall–Kier alpha value is -1.26. The number of carbonyl (C=O) groups is 1. The quantitative estimate of drug-likeness (QED) is 0.816. The SMILES string of the molecule is O=C(c1ccc(Cl)cc1O)N1CC(CO)C1. The molecule has 1 fully saturated rings. The van der Waals surface area contributed by atoms with Gasteiger partial charge in [0.15, 0.2) is 0 Å². The van der Waals surface area contributed by atoms with E-state index in [1.165, 1.54) is 12.1 Å². The summed E-state index contributed by atoms with van der Waals surface area (Å²) in [6, 6.07) is 4.42. The summed E-state index contributed by atoms with van der Waals surface area (Å²) in [5.74, 6) is -0.165. The van der Waals surface area contributed by atoms with Crippen molar-refractivity contribution in [2.24, 2.45) is 5.92 Å². The van der Waals surface area contributed by atoms with Gasteiger partial charge in [-0.05, 0) is 18.2 Å². The normalized spacial score (nSPS) is 16.0. The number of benzene rings is 1. The molecule has 16 heavy (non-hydrogen) atoms. The number of likely N-dealkylation sites (tertiary alicyclic amines) is 1. The summed E-state index contributed by atoms with van der Waals surface area (Å²) in [5.41, 5.74) is 0.251. The molecular formula is C11H12ClNO3. The lowest BCUT2D eigenvalue weighted by molar-refractivity contribution is 0.0359. The first-order valence-corrected chi connectivity index (χ1v) is 5.38. The molecule has 1 amide bonds. The molecule has 1 aliphatic heterocycles. The van der Waals surface area contributed by atoms with Crippen LogP contribution in [-0.4, -0.2) is 40.7 Å². The Morgan fingerprint density at radius 1 is 1.50 bits per heavy atom. The lowest BCUT2D eigenvalue weighted by atomic mass is 10.00. The highest BCUT2D eigenvalue weighted by Gasteiger charge is 2.31. The second-order valence-corrected chi connectivity index (χ2v) is 4.36. The van der Waals surface area contributed by atoms with Gasteiger partial charge in [0, 0.05) is 30.6 Å². The topological polar surface area (TPSA) is 60.8 Å². The van der Waals surface area contributed by atoms with Gasteiger partial charge in [0.25, 0.3) is 5.91 Å². The number of aliphatic hydroxyl groups excluding tert-OH is 1. The van der Waals surface area contributed by atoms with Gasteiger partial charge in [0.2, 0.25) is 0 Å². The smallest absolute Gasteiger partial charge is 0.257 e. The van der Waals surface area contributed by atoms with Crippen molar-refractivity contribution < 1.29 is 15.0 Å². The van der Waals surface area contributed by atoms with Crippen LogP contribution in [0, 0.1) is 5.92 Å². The minimum Gasteiger partial charge on any atom is -0.507 e. The van der Waals surface area contributed by atoms with E-state index in [1.54, 1.807) is 11.0 Å². The van der Waals surface area contributed by atoms with Crippen LogP contribution in [0.25, 0.3) is 0 Å². The number of rotatable bonds is 2. The van der Waals surface area contributed by atoms with Crippen molar-refractivity contribution in [3.05, 3.63) is 28.8 Å². The fourth-order valence-electron chi connectivity index (χ4n) is 1.71. The molecule has 86 valence electrons. The summed E-state index contributed by atoms with van der Waals surface area (Å²) in [7, 11) is 0. The van der Waals surface area contributed by atoms with E-state index in [1.807, 2.05) is 0 Å². The van der Waals surface area contributed by atoms with Gasteiger partial charge in [-0.3, -0.25) is 4.79 Å². The van der Waals surface area contributed by atoms with Crippen molar-refractivity contribution in [3.63, 3.8) is 0 Å². The van der Waals surface area contributed by atoms with Gasteiger partial charge in [-0.2, -0.15) is 0 Å². The van der Waals surface area contributed by atoms with E-state index in [4.69, 9.17) is 16.7 Å². The van der Waals surface area contributed by atoms with Crippen LogP contribution in [0.15, 0.2) is 18.2 Å². The molecule has 0 radical (unpaired) electrons. The predicted octanol–water partition coefficient (Wildman–Crippen LogP) is 1.11. The van der Waals surface area contributed by atoms with Crippen molar-refractivity contribution in [2.45, 2.75) is 0 Å². The molecule has 0 unspecified atom stereocenters. The molecule has 0 aliphatic carbocycles. The first kappa shape index (κ1) is 11.2. The van der Waals surface area contributed by atoms with E-state index in [0.717, 1.165) is 0 Å². The van der Waals surface area contributed by atoms with E-state index in [9.17, 15) is 9.90 Å². The molecule has 2 N–H and O–H groups in total. The molecule has 1 aromatic carbocycles. The minimum atomic E-state index is -0.223. The standard InChI is InChI=1S/C11H12ClNO3/c12-8-1-2-9(10(15)3-8)11(16)13-4-7(5-13)6-14/h1-3,7,14-15H,4-6H2. The van der Waals surface area contributed by atoms with Crippen LogP contribution in [0.2, 0.25) is 5.02 Å². The molecule has 0 bridgehead atoms. The van der Waals surface area contributed by atoms with Gasteiger partial charge in [-0.1, -0.05) is 11.6 Å². The van der Waals surface area contributed by atoms with E-state index in [2.05, 4.69) is 0 Å². The van der Waals surface area contributed by atoms with Crippen LogP contribution < -0.4 is 0 Å². The van der Waals surface area contributed by atoms with Crippen molar-refractivity contribution in [2.75, 3.05) is 19.7 Å². The number of aliphatic hydroxyl groups is 1. The van der Waals surface area contributed by atoms with Crippen LogP contribution in [0.5, 0.6) is 5.75 Å². The minimum absolute atomic E-state index is 0.0936. The second-order valence-electron chi connectivity index (χ2n) is 3.92. The summed E-state index contributed by atoms with van der Waals surface area (Å²) in [4.78, 5) is 13.4. The number of aromatic hydroxyl groups is 1. The third-order valence-corrected chi connectivity index (χ3v) is 2.93. The first-order valence-electron chi connectivity index (χ1n) is 5.00. The average Bonchev–Trinajstić information content (AvgIpc) is 2.15. The predicted molar refractivity (Wildman–Crippen MR) is 59.6 cm³/mol. The van der Waals surface area contributed by atoms with Crippen molar-refractivity contribution in [1.29, 1.82) is 0 Å². The van der Waals surface area contributed by atoms with Crippen LogP contribution >= 0.6 is 11.6 Å². The summed E-state index contributed by atoms with van der Waals surface area (Å²) in [6.45, 7) is 1.17. The molecule has 2 rings (SSSR count). The Balaban J connectivity index is 2.10. The summed E-state index contributed by atoms with van der Waals surface area (Å²) in [6.07, 6.45) is 0. The zero-order valence-corrected chi connectivity index (χ0v) is 9.31. The summed E-state index contributed by atoms with van der Waals surface area (Å²) >= 11 is 5.68. The second kappa shape index (κ2) is 4.31. The number of phenols is 1. The Kier molecular flexibility index (Phi) is 3.03. The number of halogens is 1. The van der Waals surface area contributed by atoms with Gasteiger partial charge < -0.3 is 15.1 Å². The average molecular weight is 242 g/mol. The molecule has 0 atom stereocenters. The number of hydrogen-bond acceptors (Lipinski definition) is 3. The van der Waals surface area contributed by atoms with Gasteiger partial charge in [0.1, 0.15) is 5.75 Å². The van der Waals surface area contributed by atoms with E-state index in [-0.39, 0.29) is 29.7 Å². The Bertz CT molecular complexity index is 416. The first-order chi connectivity index (χ1) is 7.61. The lowest BCUT2D eigenvalue weighted by Gasteiger charge is -2.38. The molecule has 0 aromatic heterocycles. The fraction of sp³-hybridized carbons (Fsp3) is 0.364. The maximum absolute atomic E-state index is 11.9. The Morgan fingerprint density at radius 3 is 2.75 bits per heavy atom.